The Morgan fingerprint density at radius 3 is 2.15 bits per heavy atom. The van der Waals surface area contributed by atoms with Crippen LogP contribution in [-0.2, 0) is 24.9 Å². The molecule has 0 spiro atoms. The van der Waals surface area contributed by atoms with Crippen LogP contribution in [0, 0.1) is 24.8 Å². The molecular weight excluding hydrogens is 809 g/mol. The van der Waals surface area contributed by atoms with Crippen LogP contribution in [0.5, 0.6) is 0 Å². The number of thiophene rings is 2. The fraction of sp³-hybridized carbons (Fsp3) is 0.341. The summed E-state index contributed by atoms with van der Waals surface area (Å²) in [5.74, 6) is 0.945. The predicted molar refractivity (Wildman–Crippen MR) is 203 cm³/mol. The van der Waals surface area contributed by atoms with Gasteiger partial charge in [0.05, 0.1) is 15.5 Å². The molecule has 0 aliphatic heterocycles. The third-order valence-electron chi connectivity index (χ3n) is 9.12. The van der Waals surface area contributed by atoms with E-state index in [-0.39, 0.29) is 43.5 Å². The van der Waals surface area contributed by atoms with E-state index >= 15 is 0 Å². The number of hydrogen-bond acceptors (Lipinski definition) is 6. The molecule has 0 aliphatic rings. The van der Waals surface area contributed by atoms with Gasteiger partial charge in [0.15, 0.2) is 5.78 Å². The third kappa shape index (κ3) is 7.97. The summed E-state index contributed by atoms with van der Waals surface area (Å²) in [7, 11) is 0. The first kappa shape index (κ1) is 37.6. The van der Waals surface area contributed by atoms with Gasteiger partial charge in [-0.3, -0.25) is 4.79 Å². The van der Waals surface area contributed by atoms with Crippen molar-refractivity contribution in [3.05, 3.63) is 95.9 Å². The van der Waals surface area contributed by atoms with E-state index in [1.165, 1.54) is 41.2 Å². The summed E-state index contributed by atoms with van der Waals surface area (Å²) in [5.41, 5.74) is 6.46. The van der Waals surface area contributed by atoms with Crippen LogP contribution in [0.1, 0.15) is 84.4 Å². The minimum Gasteiger partial charge on any atom is -0.512 e. The summed E-state index contributed by atoms with van der Waals surface area (Å²) < 4.78 is 3.93. The molecule has 0 bridgehead atoms. The number of ketones is 1. The summed E-state index contributed by atoms with van der Waals surface area (Å²) in [5, 5.41) is 22.9. The number of fused-ring (bicyclic) bond motifs is 5. The molecule has 0 saturated heterocycles. The van der Waals surface area contributed by atoms with Crippen LogP contribution < -0.4 is 0 Å². The molecule has 1 radical (unpaired) electrons. The zero-order chi connectivity index (χ0) is 33.7. The SMILES string of the molecule is CCC(CC)C(=O)/C=C(\O)C(CC)CC.Cc1nnc(-c2[c-]c3sc4sc5ccccc5c4c3c(C(C)C)c2)cc1-c1ccccc1.[Ir]. The standard InChI is InChI=1S/C28H21N2S2.C13H24O2.Ir/c1-16(2)21-13-19(23-15-22(17(3)29-30-23)18-9-5-4-6-10-18)14-25-26(21)27-20-11-7-8-12-24(20)31-28(27)32-25;1-5-10(6-2)12(14)9-13(15)11(7-3)8-4;/h4-13,15-16H,1-3H3;9-11,14H,5-8H2,1-4H3;/q-1;;/b;12-9-;. The normalized spacial score (nSPS) is 11.8. The summed E-state index contributed by atoms with van der Waals surface area (Å²) in [6, 6.07) is 27.3. The van der Waals surface area contributed by atoms with Crippen LogP contribution in [0.4, 0.5) is 0 Å². The Morgan fingerprint density at radius 2 is 1.50 bits per heavy atom. The van der Waals surface area contributed by atoms with Gasteiger partial charge in [0.25, 0.3) is 0 Å². The Hall–Kier alpha value is -3.22. The van der Waals surface area contributed by atoms with Crippen molar-refractivity contribution < 1.29 is 30.0 Å². The van der Waals surface area contributed by atoms with Crippen molar-refractivity contribution in [3.63, 3.8) is 0 Å². The first-order valence-corrected chi connectivity index (χ1v) is 18.5. The van der Waals surface area contributed by atoms with Gasteiger partial charge in [-0.2, -0.15) is 5.10 Å². The van der Waals surface area contributed by atoms with Gasteiger partial charge in [0.2, 0.25) is 0 Å². The number of aromatic nitrogens is 2. The Kier molecular flexibility index (Phi) is 13.3. The average Bonchev–Trinajstić information content (AvgIpc) is 3.62. The van der Waals surface area contributed by atoms with Crippen molar-refractivity contribution in [1.29, 1.82) is 0 Å². The zero-order valence-electron chi connectivity index (χ0n) is 28.9. The predicted octanol–water partition coefficient (Wildman–Crippen LogP) is 12.5. The molecule has 253 valence electrons. The molecule has 6 aromatic rings. The van der Waals surface area contributed by atoms with Crippen LogP contribution in [0.15, 0.2) is 78.6 Å². The largest absolute Gasteiger partial charge is 0.512 e. The number of benzene rings is 3. The molecule has 4 nitrogen and oxygen atoms in total. The molecule has 0 fully saturated rings. The number of aliphatic hydroxyl groups is 1. The van der Waals surface area contributed by atoms with E-state index in [1.54, 1.807) is 0 Å². The second-order valence-electron chi connectivity index (χ2n) is 12.5. The third-order valence-corrected chi connectivity index (χ3v) is 11.5. The maximum absolute atomic E-state index is 11.7. The van der Waals surface area contributed by atoms with E-state index in [0.717, 1.165) is 53.8 Å². The number of carbonyl (C=O) groups is 1. The Morgan fingerprint density at radius 1 is 0.854 bits per heavy atom. The number of aliphatic hydroxyl groups excluding tert-OH is 1. The molecular formula is C41H45IrN2O2S2-. The van der Waals surface area contributed by atoms with Gasteiger partial charge in [-0.15, -0.1) is 45.9 Å². The van der Waals surface area contributed by atoms with Crippen LogP contribution in [0.3, 0.4) is 0 Å². The van der Waals surface area contributed by atoms with Crippen LogP contribution in [0.25, 0.3) is 52.0 Å². The second-order valence-corrected chi connectivity index (χ2v) is 14.8. The van der Waals surface area contributed by atoms with Crippen molar-refractivity contribution in [2.75, 3.05) is 0 Å². The van der Waals surface area contributed by atoms with Gasteiger partial charge in [0, 0.05) is 48.4 Å². The van der Waals surface area contributed by atoms with E-state index in [2.05, 4.69) is 90.8 Å². The number of nitrogens with zero attached hydrogens (tertiary/aromatic N) is 2. The van der Waals surface area contributed by atoms with E-state index in [4.69, 9.17) is 0 Å². The molecule has 3 aromatic carbocycles. The molecule has 0 aliphatic carbocycles. The maximum Gasteiger partial charge on any atom is 0.162 e. The van der Waals surface area contributed by atoms with Crippen molar-refractivity contribution in [2.24, 2.45) is 11.8 Å². The zero-order valence-corrected chi connectivity index (χ0v) is 32.9. The van der Waals surface area contributed by atoms with E-state index in [0.29, 0.717) is 5.92 Å². The molecule has 7 heteroatoms. The van der Waals surface area contributed by atoms with Crippen molar-refractivity contribution in [2.45, 2.75) is 80.1 Å². The van der Waals surface area contributed by atoms with E-state index in [1.807, 2.05) is 63.4 Å². The van der Waals surface area contributed by atoms with Crippen molar-refractivity contribution in [1.82, 2.24) is 10.2 Å². The molecule has 6 rings (SSSR count). The quantitative estimate of drug-likeness (QED) is 0.0847. The molecule has 3 aromatic heterocycles. The van der Waals surface area contributed by atoms with Crippen LogP contribution >= 0.6 is 22.7 Å². The fourth-order valence-corrected chi connectivity index (χ4v) is 8.81. The number of carbonyl (C=O) groups excluding carboxylic acids is 1. The fourth-order valence-electron chi connectivity index (χ4n) is 6.21. The molecule has 0 atom stereocenters. The van der Waals surface area contributed by atoms with Gasteiger partial charge in [-0.1, -0.05) is 102 Å². The molecule has 0 saturated carbocycles. The van der Waals surface area contributed by atoms with Crippen molar-refractivity contribution >= 4 is 58.0 Å². The summed E-state index contributed by atoms with van der Waals surface area (Å²) in [6.07, 6.45) is 4.91. The smallest absolute Gasteiger partial charge is 0.162 e. The van der Waals surface area contributed by atoms with Gasteiger partial charge < -0.3 is 5.11 Å². The molecule has 3 heterocycles. The maximum atomic E-state index is 11.7. The average molecular weight is 854 g/mol. The number of rotatable bonds is 10. The number of hydrogen-bond donors (Lipinski definition) is 1. The van der Waals surface area contributed by atoms with E-state index in [9.17, 15) is 9.90 Å². The summed E-state index contributed by atoms with van der Waals surface area (Å²) >= 11 is 3.73. The minimum absolute atomic E-state index is 0. The Bertz CT molecular complexity index is 2020. The molecule has 48 heavy (non-hydrogen) atoms. The molecule has 0 unspecified atom stereocenters. The van der Waals surface area contributed by atoms with Gasteiger partial charge in [-0.05, 0) is 71.2 Å². The number of allylic oxidation sites excluding steroid dienone is 2. The van der Waals surface area contributed by atoms with E-state index < -0.39 is 0 Å². The molecule has 1 N–H and O–H groups in total. The monoisotopic (exact) mass is 854 g/mol. The topological polar surface area (TPSA) is 63.1 Å². The van der Waals surface area contributed by atoms with Gasteiger partial charge in [0.1, 0.15) is 0 Å². The summed E-state index contributed by atoms with van der Waals surface area (Å²) in [4.78, 5) is 11.7. The van der Waals surface area contributed by atoms with Crippen LogP contribution in [-0.4, -0.2) is 21.1 Å². The Balaban J connectivity index is 0.000000279. The summed E-state index contributed by atoms with van der Waals surface area (Å²) in [6.45, 7) is 14.6. The Labute approximate surface area is 306 Å². The second kappa shape index (κ2) is 16.9. The van der Waals surface area contributed by atoms with Gasteiger partial charge in [-0.25, -0.2) is 5.10 Å². The van der Waals surface area contributed by atoms with Gasteiger partial charge >= 0.3 is 0 Å². The van der Waals surface area contributed by atoms with Crippen LogP contribution in [0.2, 0.25) is 0 Å². The minimum atomic E-state index is 0. The first-order valence-electron chi connectivity index (χ1n) is 16.8. The van der Waals surface area contributed by atoms with Crippen molar-refractivity contribution in [3.8, 4) is 22.4 Å². The first-order chi connectivity index (χ1) is 22.7. The molecule has 0 amide bonds. The number of aryl methyl sites for hydroxylation is 1.